The maximum atomic E-state index is 9.20. The minimum Gasteiger partial charge on any atom is -0.475 e. The molecule has 5 heteroatoms. The van der Waals surface area contributed by atoms with Gasteiger partial charge in [0, 0.05) is 0 Å². The summed E-state index contributed by atoms with van der Waals surface area (Å²) in [6.45, 7) is 4.99. The van der Waals surface area contributed by atoms with Crippen LogP contribution in [0.5, 0.6) is 5.88 Å². The average Bonchev–Trinajstić information content (AvgIpc) is 2.87. The third kappa shape index (κ3) is 2.85. The van der Waals surface area contributed by atoms with Crippen LogP contribution in [-0.4, -0.2) is 23.3 Å². The lowest BCUT2D eigenvalue weighted by molar-refractivity contribution is 0.208. The zero-order valence-corrected chi connectivity index (χ0v) is 11.5. The standard InChI is InChI=1S/C14H20N4O/c1-9-10(2)17-18-14(13(9)7-16)19-8-12-5-3-4-11(12)6-15/h11-12H,3-6,8,15H2,1-2H3. The fraction of sp³-hybridized carbons (Fsp3) is 0.643. The van der Waals surface area contributed by atoms with E-state index >= 15 is 0 Å². The van der Waals surface area contributed by atoms with Crippen molar-refractivity contribution in [1.29, 1.82) is 5.26 Å². The molecule has 1 fully saturated rings. The molecule has 0 saturated heterocycles. The largest absolute Gasteiger partial charge is 0.475 e. The Hall–Kier alpha value is -1.67. The summed E-state index contributed by atoms with van der Waals surface area (Å²) < 4.78 is 5.73. The van der Waals surface area contributed by atoms with Crippen LogP contribution in [-0.2, 0) is 0 Å². The van der Waals surface area contributed by atoms with Crippen LogP contribution in [0.3, 0.4) is 0 Å². The first-order chi connectivity index (χ1) is 9.17. The number of nitrogens with zero attached hydrogens (tertiary/aromatic N) is 3. The molecule has 0 aliphatic heterocycles. The smallest absolute Gasteiger partial charge is 0.251 e. The molecule has 1 aliphatic carbocycles. The lowest BCUT2D eigenvalue weighted by Gasteiger charge is -2.18. The molecule has 1 heterocycles. The molecule has 2 N–H and O–H groups in total. The molecule has 0 aromatic carbocycles. The van der Waals surface area contributed by atoms with E-state index in [0.29, 0.717) is 36.4 Å². The summed E-state index contributed by atoms with van der Waals surface area (Å²) in [6, 6.07) is 2.15. The molecular weight excluding hydrogens is 240 g/mol. The van der Waals surface area contributed by atoms with Crippen LogP contribution in [0.15, 0.2) is 0 Å². The highest BCUT2D eigenvalue weighted by atomic mass is 16.5. The maximum absolute atomic E-state index is 9.20. The number of aromatic nitrogens is 2. The van der Waals surface area contributed by atoms with Gasteiger partial charge in [0.25, 0.3) is 5.88 Å². The Kier molecular flexibility index (Phi) is 4.33. The lowest BCUT2D eigenvalue weighted by atomic mass is 9.97. The van der Waals surface area contributed by atoms with E-state index in [2.05, 4.69) is 16.3 Å². The molecule has 1 aromatic rings. The summed E-state index contributed by atoms with van der Waals surface area (Å²) in [6.07, 6.45) is 3.52. The van der Waals surface area contributed by atoms with E-state index in [1.807, 2.05) is 13.8 Å². The van der Waals surface area contributed by atoms with E-state index in [9.17, 15) is 5.26 Å². The maximum Gasteiger partial charge on any atom is 0.251 e. The fourth-order valence-corrected chi connectivity index (χ4v) is 2.65. The van der Waals surface area contributed by atoms with Crippen LogP contribution in [0.4, 0.5) is 0 Å². The van der Waals surface area contributed by atoms with Gasteiger partial charge in [0.05, 0.1) is 12.3 Å². The zero-order valence-electron chi connectivity index (χ0n) is 11.5. The molecule has 0 bridgehead atoms. The van der Waals surface area contributed by atoms with Crippen molar-refractivity contribution in [3.63, 3.8) is 0 Å². The highest BCUT2D eigenvalue weighted by Gasteiger charge is 2.27. The van der Waals surface area contributed by atoms with Crippen LogP contribution in [0, 0.1) is 37.0 Å². The first kappa shape index (κ1) is 13.8. The van der Waals surface area contributed by atoms with Crippen LogP contribution in [0.25, 0.3) is 0 Å². The number of hydrogen-bond acceptors (Lipinski definition) is 5. The van der Waals surface area contributed by atoms with Crippen molar-refractivity contribution in [3.8, 4) is 11.9 Å². The number of nitriles is 1. The lowest BCUT2D eigenvalue weighted by Crippen LogP contribution is -2.24. The molecule has 5 nitrogen and oxygen atoms in total. The molecule has 1 saturated carbocycles. The second-order valence-electron chi connectivity index (χ2n) is 5.20. The van der Waals surface area contributed by atoms with Gasteiger partial charge in [-0.15, -0.1) is 5.10 Å². The molecular formula is C14H20N4O. The van der Waals surface area contributed by atoms with Crippen molar-refractivity contribution in [1.82, 2.24) is 10.2 Å². The van der Waals surface area contributed by atoms with Crippen molar-refractivity contribution < 1.29 is 4.74 Å². The molecule has 0 spiro atoms. The SMILES string of the molecule is Cc1nnc(OCC2CCCC2CN)c(C#N)c1C. The van der Waals surface area contributed by atoms with Crippen molar-refractivity contribution in [2.75, 3.05) is 13.2 Å². The van der Waals surface area contributed by atoms with E-state index in [-0.39, 0.29) is 0 Å². The summed E-state index contributed by atoms with van der Waals surface area (Å²) in [5.41, 5.74) is 7.86. The highest BCUT2D eigenvalue weighted by Crippen LogP contribution is 2.31. The van der Waals surface area contributed by atoms with E-state index in [1.165, 1.54) is 12.8 Å². The fourth-order valence-electron chi connectivity index (χ4n) is 2.65. The predicted octanol–water partition coefficient (Wildman–Crippen LogP) is 1.72. The number of rotatable bonds is 4. The van der Waals surface area contributed by atoms with Crippen molar-refractivity contribution in [2.45, 2.75) is 33.1 Å². The van der Waals surface area contributed by atoms with Gasteiger partial charge >= 0.3 is 0 Å². The van der Waals surface area contributed by atoms with Crippen LogP contribution < -0.4 is 10.5 Å². The van der Waals surface area contributed by atoms with Gasteiger partial charge in [0.2, 0.25) is 0 Å². The molecule has 0 amide bonds. The minimum absolute atomic E-state index is 0.355. The molecule has 2 unspecified atom stereocenters. The quantitative estimate of drug-likeness (QED) is 0.891. The van der Waals surface area contributed by atoms with Gasteiger partial charge in [-0.1, -0.05) is 6.42 Å². The van der Waals surface area contributed by atoms with Gasteiger partial charge < -0.3 is 10.5 Å². The average molecular weight is 260 g/mol. The molecule has 102 valence electrons. The molecule has 0 radical (unpaired) electrons. The summed E-state index contributed by atoms with van der Waals surface area (Å²) in [5, 5.41) is 17.2. The molecule has 2 rings (SSSR count). The Bertz CT molecular complexity index is 495. The Balaban J connectivity index is 2.08. The first-order valence-electron chi connectivity index (χ1n) is 6.74. The Morgan fingerprint density at radius 3 is 2.74 bits per heavy atom. The van der Waals surface area contributed by atoms with Gasteiger partial charge in [-0.2, -0.15) is 10.4 Å². The van der Waals surface area contributed by atoms with E-state index in [0.717, 1.165) is 17.7 Å². The van der Waals surface area contributed by atoms with Gasteiger partial charge in [0.1, 0.15) is 11.6 Å². The van der Waals surface area contributed by atoms with Crippen LogP contribution >= 0.6 is 0 Å². The van der Waals surface area contributed by atoms with Crippen molar-refractivity contribution in [3.05, 3.63) is 16.8 Å². The number of ether oxygens (including phenoxy) is 1. The summed E-state index contributed by atoms with van der Waals surface area (Å²) >= 11 is 0. The number of hydrogen-bond donors (Lipinski definition) is 1. The summed E-state index contributed by atoms with van der Waals surface area (Å²) in [7, 11) is 0. The Morgan fingerprint density at radius 2 is 2.05 bits per heavy atom. The molecule has 2 atom stereocenters. The Labute approximate surface area is 113 Å². The second kappa shape index (κ2) is 5.98. The third-order valence-corrected chi connectivity index (χ3v) is 4.09. The summed E-state index contributed by atoms with van der Waals surface area (Å²) in [4.78, 5) is 0. The topological polar surface area (TPSA) is 84.8 Å². The molecule has 1 aliphatic rings. The summed E-state index contributed by atoms with van der Waals surface area (Å²) in [5.74, 6) is 1.36. The predicted molar refractivity (Wildman–Crippen MR) is 71.6 cm³/mol. The zero-order chi connectivity index (χ0) is 13.8. The van der Waals surface area contributed by atoms with Crippen LogP contribution in [0.2, 0.25) is 0 Å². The van der Waals surface area contributed by atoms with Crippen molar-refractivity contribution >= 4 is 0 Å². The van der Waals surface area contributed by atoms with Crippen molar-refractivity contribution in [2.24, 2.45) is 17.6 Å². The minimum atomic E-state index is 0.355. The van der Waals surface area contributed by atoms with Gasteiger partial charge in [0.15, 0.2) is 0 Å². The molecule has 19 heavy (non-hydrogen) atoms. The van der Waals surface area contributed by atoms with Gasteiger partial charge in [-0.25, -0.2) is 0 Å². The normalized spacial score (nSPS) is 22.2. The number of aryl methyl sites for hydroxylation is 1. The van der Waals surface area contributed by atoms with E-state index in [1.54, 1.807) is 0 Å². The van der Waals surface area contributed by atoms with Gasteiger partial charge in [-0.3, -0.25) is 0 Å². The Morgan fingerprint density at radius 1 is 1.32 bits per heavy atom. The highest BCUT2D eigenvalue weighted by molar-refractivity contribution is 5.44. The second-order valence-corrected chi connectivity index (χ2v) is 5.20. The monoisotopic (exact) mass is 260 g/mol. The van der Waals surface area contributed by atoms with Gasteiger partial charge in [-0.05, 0) is 50.6 Å². The van der Waals surface area contributed by atoms with Crippen LogP contribution in [0.1, 0.15) is 36.1 Å². The number of nitrogens with two attached hydrogens (primary N) is 1. The third-order valence-electron chi connectivity index (χ3n) is 4.09. The molecule has 1 aromatic heterocycles. The van der Waals surface area contributed by atoms with E-state index in [4.69, 9.17) is 10.5 Å². The first-order valence-corrected chi connectivity index (χ1v) is 6.74. The van der Waals surface area contributed by atoms with E-state index < -0.39 is 0 Å².